The maximum Gasteiger partial charge on any atom is 0.245 e. The first-order chi connectivity index (χ1) is 7.53. The SMILES string of the molecule is CC1CNCC(C)N1S(=O)(=O)c1cc[nH]c1. The fourth-order valence-electron chi connectivity index (χ4n) is 2.18. The van der Waals surface area contributed by atoms with E-state index < -0.39 is 10.0 Å². The molecule has 1 aliphatic rings. The Hall–Kier alpha value is -0.850. The van der Waals surface area contributed by atoms with Crippen LogP contribution in [0.5, 0.6) is 0 Å². The van der Waals surface area contributed by atoms with E-state index in [1.54, 1.807) is 16.6 Å². The Morgan fingerprint density at radius 2 is 1.94 bits per heavy atom. The number of aromatic amines is 1. The van der Waals surface area contributed by atoms with Gasteiger partial charge in [-0.2, -0.15) is 4.31 Å². The van der Waals surface area contributed by atoms with Crippen molar-refractivity contribution in [1.29, 1.82) is 0 Å². The van der Waals surface area contributed by atoms with Gasteiger partial charge in [-0.15, -0.1) is 0 Å². The van der Waals surface area contributed by atoms with Gasteiger partial charge < -0.3 is 10.3 Å². The van der Waals surface area contributed by atoms with E-state index in [0.29, 0.717) is 18.0 Å². The summed E-state index contributed by atoms with van der Waals surface area (Å²) in [6.45, 7) is 5.25. The van der Waals surface area contributed by atoms with Crippen LogP contribution in [0, 0.1) is 0 Å². The summed E-state index contributed by atoms with van der Waals surface area (Å²) in [7, 11) is -3.35. The molecule has 0 radical (unpaired) electrons. The molecule has 0 bridgehead atoms. The van der Waals surface area contributed by atoms with Crippen molar-refractivity contribution >= 4 is 10.0 Å². The largest absolute Gasteiger partial charge is 0.366 e. The Bertz CT molecular complexity index is 431. The Balaban J connectivity index is 2.36. The van der Waals surface area contributed by atoms with Crippen LogP contribution in [0.15, 0.2) is 23.4 Å². The highest BCUT2D eigenvalue weighted by atomic mass is 32.2. The molecule has 16 heavy (non-hydrogen) atoms. The fraction of sp³-hybridized carbons (Fsp3) is 0.600. The fourth-order valence-corrected chi connectivity index (χ4v) is 3.98. The van der Waals surface area contributed by atoms with Crippen molar-refractivity contribution < 1.29 is 8.42 Å². The lowest BCUT2D eigenvalue weighted by atomic mass is 10.2. The molecule has 0 spiro atoms. The molecule has 1 fully saturated rings. The van der Waals surface area contributed by atoms with Gasteiger partial charge in [0.25, 0.3) is 0 Å². The average molecular weight is 243 g/mol. The highest BCUT2D eigenvalue weighted by molar-refractivity contribution is 7.89. The molecule has 1 aromatic heterocycles. The van der Waals surface area contributed by atoms with Crippen molar-refractivity contribution in [2.24, 2.45) is 0 Å². The van der Waals surface area contributed by atoms with Crippen LogP contribution in [-0.2, 0) is 10.0 Å². The van der Waals surface area contributed by atoms with Crippen LogP contribution in [0.25, 0.3) is 0 Å². The Morgan fingerprint density at radius 3 is 2.44 bits per heavy atom. The van der Waals surface area contributed by atoms with Gasteiger partial charge in [0, 0.05) is 37.6 Å². The van der Waals surface area contributed by atoms with E-state index in [-0.39, 0.29) is 12.1 Å². The van der Waals surface area contributed by atoms with E-state index in [0.717, 1.165) is 0 Å². The lowest BCUT2D eigenvalue weighted by Gasteiger charge is -2.37. The maximum absolute atomic E-state index is 12.3. The van der Waals surface area contributed by atoms with Crippen molar-refractivity contribution in [2.75, 3.05) is 13.1 Å². The van der Waals surface area contributed by atoms with E-state index >= 15 is 0 Å². The number of aromatic nitrogens is 1. The minimum Gasteiger partial charge on any atom is -0.366 e. The Kier molecular flexibility index (Phi) is 3.05. The second-order valence-corrected chi connectivity index (χ2v) is 6.08. The third kappa shape index (κ3) is 1.88. The molecule has 90 valence electrons. The number of sulfonamides is 1. The average Bonchev–Trinajstić information content (AvgIpc) is 2.69. The molecule has 2 rings (SSSR count). The molecule has 2 N–H and O–H groups in total. The van der Waals surface area contributed by atoms with Crippen LogP contribution in [0.2, 0.25) is 0 Å². The molecular formula is C10H17N3O2S. The number of hydrogen-bond donors (Lipinski definition) is 2. The third-order valence-electron chi connectivity index (χ3n) is 2.89. The molecule has 0 saturated carbocycles. The van der Waals surface area contributed by atoms with Crippen molar-refractivity contribution in [3.8, 4) is 0 Å². The van der Waals surface area contributed by atoms with Gasteiger partial charge in [0.1, 0.15) is 0 Å². The van der Waals surface area contributed by atoms with Crippen LogP contribution >= 0.6 is 0 Å². The molecule has 1 aliphatic heterocycles. The van der Waals surface area contributed by atoms with Crippen molar-refractivity contribution in [3.63, 3.8) is 0 Å². The van der Waals surface area contributed by atoms with Gasteiger partial charge >= 0.3 is 0 Å². The van der Waals surface area contributed by atoms with E-state index in [9.17, 15) is 8.42 Å². The zero-order chi connectivity index (χ0) is 11.8. The first kappa shape index (κ1) is 11.6. The van der Waals surface area contributed by atoms with Crippen LogP contribution in [0.1, 0.15) is 13.8 Å². The van der Waals surface area contributed by atoms with Crippen molar-refractivity contribution in [1.82, 2.24) is 14.6 Å². The predicted octanol–water partition coefficient (Wildman–Crippen LogP) is 0.386. The van der Waals surface area contributed by atoms with Gasteiger partial charge in [-0.1, -0.05) is 0 Å². The Morgan fingerprint density at radius 1 is 1.31 bits per heavy atom. The second kappa shape index (κ2) is 4.20. The van der Waals surface area contributed by atoms with E-state index in [2.05, 4.69) is 10.3 Å². The van der Waals surface area contributed by atoms with E-state index in [1.807, 2.05) is 13.8 Å². The summed E-state index contributed by atoms with van der Waals surface area (Å²) in [6.07, 6.45) is 3.15. The van der Waals surface area contributed by atoms with E-state index in [4.69, 9.17) is 0 Å². The first-order valence-electron chi connectivity index (χ1n) is 5.40. The van der Waals surface area contributed by atoms with Crippen LogP contribution in [0.4, 0.5) is 0 Å². The highest BCUT2D eigenvalue weighted by Gasteiger charge is 2.35. The van der Waals surface area contributed by atoms with Crippen molar-refractivity contribution in [3.05, 3.63) is 18.5 Å². The molecule has 0 amide bonds. The summed E-state index contributed by atoms with van der Waals surface area (Å²) >= 11 is 0. The molecule has 2 unspecified atom stereocenters. The van der Waals surface area contributed by atoms with Crippen LogP contribution in [-0.4, -0.2) is 42.9 Å². The van der Waals surface area contributed by atoms with E-state index in [1.165, 1.54) is 6.20 Å². The monoisotopic (exact) mass is 243 g/mol. The number of nitrogens with zero attached hydrogens (tertiary/aromatic N) is 1. The highest BCUT2D eigenvalue weighted by Crippen LogP contribution is 2.21. The second-order valence-electron chi connectivity index (χ2n) is 4.24. The molecule has 0 aliphatic carbocycles. The van der Waals surface area contributed by atoms with Gasteiger partial charge in [-0.3, -0.25) is 0 Å². The summed E-state index contributed by atoms with van der Waals surface area (Å²) < 4.78 is 26.3. The molecule has 0 aromatic carbocycles. The van der Waals surface area contributed by atoms with Gasteiger partial charge in [0.05, 0.1) is 4.90 Å². The smallest absolute Gasteiger partial charge is 0.245 e. The topological polar surface area (TPSA) is 65.2 Å². The normalized spacial score (nSPS) is 28.1. The minimum absolute atomic E-state index is 0.0105. The number of nitrogens with one attached hydrogen (secondary N) is 2. The molecule has 5 nitrogen and oxygen atoms in total. The summed E-state index contributed by atoms with van der Waals surface area (Å²) in [5.41, 5.74) is 0. The summed E-state index contributed by atoms with van der Waals surface area (Å²) in [6, 6.07) is 1.57. The molecule has 1 saturated heterocycles. The summed E-state index contributed by atoms with van der Waals surface area (Å²) in [5, 5.41) is 3.22. The molecule has 1 aromatic rings. The van der Waals surface area contributed by atoms with Crippen LogP contribution < -0.4 is 5.32 Å². The summed E-state index contributed by atoms with van der Waals surface area (Å²) in [4.78, 5) is 3.12. The van der Waals surface area contributed by atoms with Gasteiger partial charge in [-0.25, -0.2) is 8.42 Å². The van der Waals surface area contributed by atoms with Crippen molar-refractivity contribution in [2.45, 2.75) is 30.8 Å². The summed E-state index contributed by atoms with van der Waals surface area (Å²) in [5.74, 6) is 0. The lowest BCUT2D eigenvalue weighted by Crippen LogP contribution is -2.56. The molecule has 2 heterocycles. The predicted molar refractivity (Wildman–Crippen MR) is 61.6 cm³/mol. The molecule has 6 heteroatoms. The number of piperazine rings is 1. The lowest BCUT2D eigenvalue weighted by molar-refractivity contribution is 0.220. The first-order valence-corrected chi connectivity index (χ1v) is 6.84. The third-order valence-corrected chi connectivity index (χ3v) is 5.02. The zero-order valence-electron chi connectivity index (χ0n) is 9.47. The molecule has 2 atom stereocenters. The number of H-pyrrole nitrogens is 1. The number of rotatable bonds is 2. The maximum atomic E-state index is 12.3. The minimum atomic E-state index is -3.35. The molecular weight excluding hydrogens is 226 g/mol. The number of hydrogen-bond acceptors (Lipinski definition) is 3. The zero-order valence-corrected chi connectivity index (χ0v) is 10.3. The van der Waals surface area contributed by atoms with Gasteiger partial charge in [0.2, 0.25) is 10.0 Å². The Labute approximate surface area is 95.9 Å². The van der Waals surface area contributed by atoms with Gasteiger partial charge in [0.15, 0.2) is 0 Å². The quantitative estimate of drug-likeness (QED) is 0.789. The van der Waals surface area contributed by atoms with Gasteiger partial charge in [-0.05, 0) is 19.9 Å². The van der Waals surface area contributed by atoms with Crippen LogP contribution in [0.3, 0.4) is 0 Å². The standard InChI is InChI=1S/C10H17N3O2S/c1-8-5-12-6-9(2)13(8)16(14,15)10-3-4-11-7-10/h3-4,7-9,11-12H,5-6H2,1-2H3.